The molecule has 1 aliphatic rings. The molecule has 0 saturated heterocycles. The van der Waals surface area contributed by atoms with E-state index in [4.69, 9.17) is 5.73 Å². The monoisotopic (exact) mass is 183 g/mol. The van der Waals surface area contributed by atoms with E-state index in [0.29, 0.717) is 12.0 Å². The van der Waals surface area contributed by atoms with Gasteiger partial charge in [0, 0.05) is 6.04 Å². The lowest BCUT2D eigenvalue weighted by molar-refractivity contribution is 0.344. The van der Waals surface area contributed by atoms with Crippen LogP contribution in [-0.4, -0.2) is 6.04 Å². The summed E-state index contributed by atoms with van der Waals surface area (Å²) >= 11 is 0. The molecule has 0 aromatic carbocycles. The van der Waals surface area contributed by atoms with Crippen molar-refractivity contribution in [1.82, 2.24) is 0 Å². The molecule has 1 rings (SSSR count). The molecule has 2 N–H and O–H groups in total. The van der Waals surface area contributed by atoms with Gasteiger partial charge in [-0.05, 0) is 18.3 Å². The van der Waals surface area contributed by atoms with Crippen molar-refractivity contribution in [2.45, 2.75) is 64.8 Å². The number of hydrogen-bond donors (Lipinski definition) is 1. The minimum absolute atomic E-state index is 0.433. The molecule has 0 amide bonds. The van der Waals surface area contributed by atoms with Crippen molar-refractivity contribution in [3.05, 3.63) is 0 Å². The Balaban J connectivity index is 2.25. The lowest BCUT2D eigenvalue weighted by Crippen LogP contribution is -2.29. The Kier molecular flexibility index (Phi) is 4.79. The van der Waals surface area contributed by atoms with E-state index in [-0.39, 0.29) is 0 Å². The van der Waals surface area contributed by atoms with E-state index in [9.17, 15) is 0 Å². The first-order chi connectivity index (χ1) is 6.20. The molecule has 78 valence electrons. The average Bonchev–Trinajstić information content (AvgIpc) is 2.32. The maximum Gasteiger partial charge on any atom is 0.00645 e. The molecule has 1 atom stereocenters. The highest BCUT2D eigenvalue weighted by Crippen LogP contribution is 2.27. The number of rotatable bonds is 3. The van der Waals surface area contributed by atoms with Crippen molar-refractivity contribution in [1.29, 1.82) is 0 Å². The molecule has 1 saturated carbocycles. The average molecular weight is 183 g/mol. The van der Waals surface area contributed by atoms with Crippen LogP contribution >= 0.6 is 0 Å². The van der Waals surface area contributed by atoms with E-state index in [1.165, 1.54) is 44.9 Å². The van der Waals surface area contributed by atoms with Gasteiger partial charge in [0.1, 0.15) is 0 Å². The molecule has 0 spiro atoms. The first-order valence-corrected chi connectivity index (χ1v) is 5.95. The summed E-state index contributed by atoms with van der Waals surface area (Å²) in [6.45, 7) is 4.47. The molecule has 0 aliphatic heterocycles. The molecule has 1 nitrogen and oxygen atoms in total. The van der Waals surface area contributed by atoms with Crippen LogP contribution in [0.3, 0.4) is 0 Å². The number of hydrogen-bond acceptors (Lipinski definition) is 1. The Morgan fingerprint density at radius 3 is 2.08 bits per heavy atom. The van der Waals surface area contributed by atoms with Crippen molar-refractivity contribution in [2.24, 2.45) is 17.6 Å². The lowest BCUT2D eigenvalue weighted by atomic mass is 9.88. The third-order valence-electron chi connectivity index (χ3n) is 3.44. The quantitative estimate of drug-likeness (QED) is 0.667. The molecule has 13 heavy (non-hydrogen) atoms. The summed E-state index contributed by atoms with van der Waals surface area (Å²) in [5.74, 6) is 1.59. The molecule has 0 unspecified atom stereocenters. The van der Waals surface area contributed by atoms with Crippen LogP contribution in [0.25, 0.3) is 0 Å². The highest BCUT2D eigenvalue weighted by atomic mass is 14.6. The zero-order chi connectivity index (χ0) is 9.68. The molecule has 0 radical (unpaired) electrons. The van der Waals surface area contributed by atoms with E-state index in [2.05, 4.69) is 13.8 Å². The largest absolute Gasteiger partial charge is 0.327 e. The van der Waals surface area contributed by atoms with Gasteiger partial charge in [0.2, 0.25) is 0 Å². The summed E-state index contributed by atoms with van der Waals surface area (Å²) in [5, 5.41) is 0. The van der Waals surface area contributed by atoms with Gasteiger partial charge in [-0.2, -0.15) is 0 Å². The fourth-order valence-corrected chi connectivity index (χ4v) is 2.26. The van der Waals surface area contributed by atoms with Crippen LogP contribution in [0.5, 0.6) is 0 Å². The molecule has 0 aromatic heterocycles. The topological polar surface area (TPSA) is 26.0 Å². The normalized spacial score (nSPS) is 23.1. The second-order valence-corrected chi connectivity index (χ2v) is 5.00. The maximum absolute atomic E-state index is 6.10. The SMILES string of the molecule is CC(C)[C@H](N)CC1CCCCCC1. The van der Waals surface area contributed by atoms with E-state index in [0.717, 1.165) is 5.92 Å². The van der Waals surface area contributed by atoms with Gasteiger partial charge in [-0.25, -0.2) is 0 Å². The van der Waals surface area contributed by atoms with E-state index in [1.54, 1.807) is 0 Å². The van der Waals surface area contributed by atoms with Crippen LogP contribution in [0.15, 0.2) is 0 Å². The Hall–Kier alpha value is -0.0400. The molecule has 1 fully saturated rings. The summed E-state index contributed by atoms with van der Waals surface area (Å²) in [6, 6.07) is 0.433. The van der Waals surface area contributed by atoms with Gasteiger partial charge in [0.05, 0.1) is 0 Å². The van der Waals surface area contributed by atoms with Crippen LogP contribution in [0, 0.1) is 11.8 Å². The Bertz CT molecular complexity index is 123. The zero-order valence-corrected chi connectivity index (χ0v) is 9.26. The van der Waals surface area contributed by atoms with Crippen molar-refractivity contribution < 1.29 is 0 Å². The fraction of sp³-hybridized carbons (Fsp3) is 1.00. The highest BCUT2D eigenvalue weighted by Gasteiger charge is 2.17. The van der Waals surface area contributed by atoms with Gasteiger partial charge in [0.25, 0.3) is 0 Å². The first-order valence-electron chi connectivity index (χ1n) is 5.95. The van der Waals surface area contributed by atoms with Crippen molar-refractivity contribution in [2.75, 3.05) is 0 Å². The summed E-state index contributed by atoms with van der Waals surface area (Å²) in [7, 11) is 0. The predicted octanol–water partition coefficient (Wildman–Crippen LogP) is 3.33. The van der Waals surface area contributed by atoms with Gasteiger partial charge in [-0.3, -0.25) is 0 Å². The molecule has 1 heteroatoms. The zero-order valence-electron chi connectivity index (χ0n) is 9.26. The first kappa shape index (κ1) is 11.0. The molecular weight excluding hydrogens is 158 g/mol. The standard InChI is InChI=1S/C12H25N/c1-10(2)12(13)9-11-7-5-3-4-6-8-11/h10-12H,3-9,13H2,1-2H3/t12-/m1/s1. The minimum Gasteiger partial charge on any atom is -0.327 e. The van der Waals surface area contributed by atoms with Crippen LogP contribution in [0.2, 0.25) is 0 Å². The van der Waals surface area contributed by atoms with E-state index < -0.39 is 0 Å². The van der Waals surface area contributed by atoms with Crippen LogP contribution in [0.4, 0.5) is 0 Å². The summed E-state index contributed by atoms with van der Waals surface area (Å²) in [5.41, 5.74) is 6.10. The predicted molar refractivity (Wildman–Crippen MR) is 58.6 cm³/mol. The Labute approximate surface area is 83.1 Å². The highest BCUT2D eigenvalue weighted by molar-refractivity contribution is 4.73. The third kappa shape index (κ3) is 4.12. The summed E-state index contributed by atoms with van der Waals surface area (Å²) in [4.78, 5) is 0. The summed E-state index contributed by atoms with van der Waals surface area (Å²) in [6.07, 6.45) is 9.91. The van der Waals surface area contributed by atoms with E-state index in [1.807, 2.05) is 0 Å². The van der Waals surface area contributed by atoms with Gasteiger partial charge in [-0.1, -0.05) is 52.4 Å². The Morgan fingerprint density at radius 1 is 1.08 bits per heavy atom. The maximum atomic E-state index is 6.10. The van der Waals surface area contributed by atoms with Crippen molar-refractivity contribution in [3.8, 4) is 0 Å². The Morgan fingerprint density at radius 2 is 1.62 bits per heavy atom. The lowest BCUT2D eigenvalue weighted by Gasteiger charge is -2.21. The van der Waals surface area contributed by atoms with Crippen LogP contribution in [-0.2, 0) is 0 Å². The van der Waals surface area contributed by atoms with Gasteiger partial charge in [-0.15, -0.1) is 0 Å². The van der Waals surface area contributed by atoms with Crippen LogP contribution < -0.4 is 5.73 Å². The van der Waals surface area contributed by atoms with Crippen molar-refractivity contribution in [3.63, 3.8) is 0 Å². The van der Waals surface area contributed by atoms with Gasteiger partial charge in [0.15, 0.2) is 0 Å². The second kappa shape index (κ2) is 5.64. The van der Waals surface area contributed by atoms with Gasteiger partial charge >= 0.3 is 0 Å². The molecule has 1 aliphatic carbocycles. The van der Waals surface area contributed by atoms with Gasteiger partial charge < -0.3 is 5.73 Å². The second-order valence-electron chi connectivity index (χ2n) is 5.00. The fourth-order valence-electron chi connectivity index (χ4n) is 2.26. The van der Waals surface area contributed by atoms with Crippen molar-refractivity contribution >= 4 is 0 Å². The molecular formula is C12H25N. The smallest absolute Gasteiger partial charge is 0.00645 e. The van der Waals surface area contributed by atoms with E-state index >= 15 is 0 Å². The third-order valence-corrected chi connectivity index (χ3v) is 3.44. The minimum atomic E-state index is 0.433. The van der Waals surface area contributed by atoms with Crippen LogP contribution in [0.1, 0.15) is 58.8 Å². The molecule has 0 bridgehead atoms. The molecule has 0 heterocycles. The number of nitrogens with two attached hydrogens (primary N) is 1. The molecule has 0 aromatic rings. The summed E-state index contributed by atoms with van der Waals surface area (Å²) < 4.78 is 0.